The van der Waals surface area contributed by atoms with E-state index >= 15 is 4.39 Å². The minimum Gasteiger partial charge on any atom is -0.396 e. The maximum atomic E-state index is 15.1. The average molecular weight is 502 g/mol. The Morgan fingerprint density at radius 2 is 1.30 bits per heavy atom. The average Bonchev–Trinajstić information content (AvgIpc) is 3.59. The van der Waals surface area contributed by atoms with E-state index in [9.17, 15) is 0 Å². The lowest BCUT2D eigenvalue weighted by molar-refractivity contribution is 0.474. The molecule has 6 rings (SSSR count). The Hall–Kier alpha value is -4.48. The fourth-order valence-corrected chi connectivity index (χ4v) is 5.62. The fraction of sp³-hybridized carbons (Fsp3) is 0.0312. The van der Waals surface area contributed by atoms with Gasteiger partial charge in [-0.15, -0.1) is 11.3 Å². The van der Waals surface area contributed by atoms with Gasteiger partial charge in [-0.3, -0.25) is 0 Å². The molecule has 0 aliphatic heterocycles. The molecule has 0 saturated carbocycles. The molecule has 0 spiro atoms. The van der Waals surface area contributed by atoms with Gasteiger partial charge in [0.2, 0.25) is 0 Å². The Morgan fingerprint density at radius 1 is 0.730 bits per heavy atom. The molecule has 6 aromatic rings. The molecule has 37 heavy (non-hydrogen) atoms. The number of rotatable bonds is 6. The highest BCUT2D eigenvalue weighted by molar-refractivity contribution is 7.10. The molecule has 0 atom stereocenters. The Bertz CT molecular complexity index is 1580. The topological polar surface area (TPSA) is 43.8 Å². The van der Waals surface area contributed by atoms with Crippen molar-refractivity contribution < 1.29 is 4.39 Å². The summed E-state index contributed by atoms with van der Waals surface area (Å²) in [4.78, 5) is 1.11. The van der Waals surface area contributed by atoms with Crippen LogP contribution in [0.1, 0.15) is 27.3 Å². The third-order valence-electron chi connectivity index (χ3n) is 6.67. The number of aromatic nitrogens is 2. The number of nitrogens with two attached hydrogens (primary N) is 1. The normalized spacial score (nSPS) is 11.9. The molecule has 0 aliphatic carbocycles. The first-order valence-corrected chi connectivity index (χ1v) is 12.9. The van der Waals surface area contributed by atoms with Gasteiger partial charge in [-0.05, 0) is 46.4 Å². The third kappa shape index (κ3) is 3.94. The highest BCUT2D eigenvalue weighted by Crippen LogP contribution is 2.43. The lowest BCUT2D eigenvalue weighted by atomic mass is 9.77. The number of nitrogens with zero attached hydrogens (tertiary/aromatic N) is 2. The number of benzene rings is 4. The summed E-state index contributed by atoms with van der Waals surface area (Å²) >= 11 is 1.65. The summed E-state index contributed by atoms with van der Waals surface area (Å²) in [5, 5.41) is 8.01. The molecule has 0 fully saturated rings. The Morgan fingerprint density at radius 3 is 1.81 bits per heavy atom. The zero-order valence-corrected chi connectivity index (χ0v) is 20.8. The van der Waals surface area contributed by atoms with Gasteiger partial charge in [0.05, 0.1) is 16.9 Å². The standard InChI is InChI=1S/C32H24FN3S/c33-28-22-31-27(21-29(28)34)30(19-18-26-17-10-20-37-26)35-36(31)32(23-11-4-1-5-12-23,24-13-6-2-7-14-24)25-15-8-3-9-16-25/h1-22H,34H2. The van der Waals surface area contributed by atoms with E-state index in [0.29, 0.717) is 5.52 Å². The van der Waals surface area contributed by atoms with Crippen LogP contribution in [0.3, 0.4) is 0 Å². The fourth-order valence-electron chi connectivity index (χ4n) is 5.01. The number of fused-ring (bicyclic) bond motifs is 1. The first kappa shape index (κ1) is 23.0. The molecule has 0 bridgehead atoms. The summed E-state index contributed by atoms with van der Waals surface area (Å²) in [6, 6.07) is 38.0. The van der Waals surface area contributed by atoms with Crippen molar-refractivity contribution >= 4 is 40.1 Å². The van der Waals surface area contributed by atoms with Crippen LogP contribution in [-0.2, 0) is 5.54 Å². The Kier molecular flexibility index (Phi) is 5.91. The van der Waals surface area contributed by atoms with Crippen molar-refractivity contribution in [2.24, 2.45) is 0 Å². The molecule has 180 valence electrons. The van der Waals surface area contributed by atoms with E-state index in [1.54, 1.807) is 17.4 Å². The second-order valence-corrected chi connectivity index (χ2v) is 9.82. The number of anilines is 1. The van der Waals surface area contributed by atoms with Crippen LogP contribution in [0.5, 0.6) is 0 Å². The maximum Gasteiger partial charge on any atom is 0.148 e. The van der Waals surface area contributed by atoms with Crippen molar-refractivity contribution in [3.8, 4) is 0 Å². The Balaban J connectivity index is 1.75. The maximum absolute atomic E-state index is 15.1. The molecule has 2 aromatic heterocycles. The quantitative estimate of drug-likeness (QED) is 0.187. The number of halogens is 1. The van der Waals surface area contributed by atoms with Gasteiger partial charge in [0.25, 0.3) is 0 Å². The van der Waals surface area contributed by atoms with Crippen LogP contribution >= 0.6 is 11.3 Å². The monoisotopic (exact) mass is 501 g/mol. The van der Waals surface area contributed by atoms with Gasteiger partial charge in [0, 0.05) is 16.3 Å². The second kappa shape index (κ2) is 9.52. The number of hydrogen-bond donors (Lipinski definition) is 1. The lowest BCUT2D eigenvalue weighted by Crippen LogP contribution is -2.38. The molecular formula is C32H24FN3S. The second-order valence-electron chi connectivity index (χ2n) is 8.85. The molecule has 0 aliphatic rings. The summed E-state index contributed by atoms with van der Waals surface area (Å²) in [5.74, 6) is -0.467. The third-order valence-corrected chi connectivity index (χ3v) is 7.51. The smallest absolute Gasteiger partial charge is 0.148 e. The molecule has 2 N–H and O–H groups in total. The number of nitrogen functional groups attached to an aromatic ring is 1. The molecule has 0 unspecified atom stereocenters. The van der Waals surface area contributed by atoms with Crippen molar-refractivity contribution in [2.45, 2.75) is 5.54 Å². The van der Waals surface area contributed by atoms with Gasteiger partial charge in [0.15, 0.2) is 0 Å². The summed E-state index contributed by atoms with van der Waals surface area (Å²) in [6.45, 7) is 0. The van der Waals surface area contributed by atoms with Gasteiger partial charge in [-0.2, -0.15) is 5.10 Å². The summed E-state index contributed by atoms with van der Waals surface area (Å²) in [7, 11) is 0. The van der Waals surface area contributed by atoms with Gasteiger partial charge in [0.1, 0.15) is 11.4 Å². The van der Waals surface area contributed by atoms with E-state index in [2.05, 4.69) is 42.5 Å². The predicted molar refractivity (Wildman–Crippen MR) is 152 cm³/mol. The van der Waals surface area contributed by atoms with Crippen LogP contribution in [-0.4, -0.2) is 9.78 Å². The molecule has 0 saturated heterocycles. The van der Waals surface area contributed by atoms with E-state index in [-0.39, 0.29) is 5.69 Å². The first-order chi connectivity index (χ1) is 18.2. The van der Waals surface area contributed by atoms with Crippen LogP contribution in [0.25, 0.3) is 23.1 Å². The van der Waals surface area contributed by atoms with E-state index in [1.165, 1.54) is 6.07 Å². The number of hydrogen-bond acceptors (Lipinski definition) is 3. The summed E-state index contributed by atoms with van der Waals surface area (Å²) in [5.41, 5.74) is 9.74. The van der Waals surface area contributed by atoms with E-state index in [1.807, 2.05) is 82.9 Å². The van der Waals surface area contributed by atoms with Crippen LogP contribution in [0.4, 0.5) is 10.1 Å². The highest BCUT2D eigenvalue weighted by Gasteiger charge is 2.40. The zero-order valence-electron chi connectivity index (χ0n) is 20.0. The number of thiophene rings is 1. The lowest BCUT2D eigenvalue weighted by Gasteiger charge is -2.37. The van der Waals surface area contributed by atoms with E-state index < -0.39 is 11.4 Å². The minimum atomic E-state index is -0.862. The SMILES string of the molecule is Nc1cc2c(C=Cc3cccs3)nn(C(c3ccccc3)(c3ccccc3)c3ccccc3)c2cc1F. The zero-order chi connectivity index (χ0) is 25.2. The molecule has 4 aromatic carbocycles. The van der Waals surface area contributed by atoms with Crippen LogP contribution in [0, 0.1) is 5.82 Å². The van der Waals surface area contributed by atoms with Crippen molar-refractivity contribution in [2.75, 3.05) is 5.73 Å². The van der Waals surface area contributed by atoms with Gasteiger partial charge in [-0.25, -0.2) is 9.07 Å². The van der Waals surface area contributed by atoms with Crippen molar-refractivity contribution in [3.05, 3.63) is 154 Å². The van der Waals surface area contributed by atoms with Crippen molar-refractivity contribution in [1.82, 2.24) is 9.78 Å². The van der Waals surface area contributed by atoms with Crippen molar-refractivity contribution in [1.29, 1.82) is 0 Å². The molecule has 0 amide bonds. The minimum absolute atomic E-state index is 0.0996. The largest absolute Gasteiger partial charge is 0.396 e. The molecule has 0 radical (unpaired) electrons. The molecule has 2 heterocycles. The molecular weight excluding hydrogens is 477 g/mol. The summed E-state index contributed by atoms with van der Waals surface area (Å²) in [6.07, 6.45) is 4.01. The van der Waals surface area contributed by atoms with E-state index in [0.717, 1.165) is 32.6 Å². The highest BCUT2D eigenvalue weighted by atomic mass is 32.1. The molecule has 3 nitrogen and oxygen atoms in total. The van der Waals surface area contributed by atoms with Gasteiger partial charge < -0.3 is 5.73 Å². The van der Waals surface area contributed by atoms with Crippen LogP contribution < -0.4 is 5.73 Å². The van der Waals surface area contributed by atoms with E-state index in [4.69, 9.17) is 10.8 Å². The predicted octanol–water partition coefficient (Wildman–Crippen LogP) is 7.83. The summed E-state index contributed by atoms with van der Waals surface area (Å²) < 4.78 is 17.0. The Labute approximate surface area is 218 Å². The van der Waals surface area contributed by atoms with Crippen molar-refractivity contribution in [3.63, 3.8) is 0 Å². The van der Waals surface area contributed by atoms with Gasteiger partial charge >= 0.3 is 0 Å². The first-order valence-electron chi connectivity index (χ1n) is 12.0. The molecule has 5 heteroatoms. The van der Waals surface area contributed by atoms with Gasteiger partial charge in [-0.1, -0.05) is 97.1 Å². The van der Waals surface area contributed by atoms with Crippen LogP contribution in [0.15, 0.2) is 121 Å². The van der Waals surface area contributed by atoms with Crippen LogP contribution in [0.2, 0.25) is 0 Å².